The summed E-state index contributed by atoms with van der Waals surface area (Å²) in [6.07, 6.45) is 0. The van der Waals surface area contributed by atoms with Crippen LogP contribution in [0.2, 0.25) is 5.02 Å². The van der Waals surface area contributed by atoms with Gasteiger partial charge in [0.15, 0.2) is 0 Å². The van der Waals surface area contributed by atoms with Crippen LogP contribution in [0.5, 0.6) is 5.75 Å². The molecule has 0 aliphatic rings. The zero-order valence-electron chi connectivity index (χ0n) is 11.2. The molecule has 2 aromatic carbocycles. The summed E-state index contributed by atoms with van der Waals surface area (Å²) in [7, 11) is 0. The minimum atomic E-state index is -0.0247. The predicted molar refractivity (Wildman–Crippen MR) is 79.6 cm³/mol. The Morgan fingerprint density at radius 2 is 2.00 bits per heavy atom. The van der Waals surface area contributed by atoms with Gasteiger partial charge in [0, 0.05) is 6.04 Å². The van der Waals surface area contributed by atoms with Crippen LogP contribution in [0.1, 0.15) is 29.7 Å². The summed E-state index contributed by atoms with van der Waals surface area (Å²) < 4.78 is 5.74. The summed E-state index contributed by atoms with van der Waals surface area (Å²) in [5.41, 5.74) is 9.18. The summed E-state index contributed by atoms with van der Waals surface area (Å²) in [5, 5.41) is 0.599. The zero-order valence-corrected chi connectivity index (χ0v) is 11.9. The highest BCUT2D eigenvalue weighted by atomic mass is 35.5. The van der Waals surface area contributed by atoms with E-state index in [9.17, 15) is 0 Å². The molecule has 0 aromatic heterocycles. The second-order valence-corrected chi connectivity index (χ2v) is 5.16. The van der Waals surface area contributed by atoms with Gasteiger partial charge in [0.2, 0.25) is 0 Å². The molecule has 2 nitrogen and oxygen atoms in total. The van der Waals surface area contributed by atoms with Gasteiger partial charge in [-0.15, -0.1) is 0 Å². The Bertz CT molecular complexity index is 566. The van der Waals surface area contributed by atoms with Gasteiger partial charge in [0.1, 0.15) is 12.4 Å². The van der Waals surface area contributed by atoms with Crippen LogP contribution in [0.25, 0.3) is 0 Å². The molecular formula is C16H18ClNO. The third kappa shape index (κ3) is 3.72. The zero-order chi connectivity index (χ0) is 13.8. The predicted octanol–water partition coefficient (Wildman–Crippen LogP) is 4.25. The summed E-state index contributed by atoms with van der Waals surface area (Å²) in [5.74, 6) is 0.688. The Labute approximate surface area is 119 Å². The van der Waals surface area contributed by atoms with Crippen LogP contribution < -0.4 is 10.5 Å². The Morgan fingerprint density at radius 1 is 1.21 bits per heavy atom. The van der Waals surface area contributed by atoms with Crippen LogP contribution in [-0.2, 0) is 6.61 Å². The van der Waals surface area contributed by atoms with Gasteiger partial charge in [-0.1, -0.05) is 47.5 Å². The SMILES string of the molecule is Cc1cccc(COc2ccc([C@H](C)N)cc2Cl)c1. The summed E-state index contributed by atoms with van der Waals surface area (Å²) in [6.45, 7) is 4.51. The van der Waals surface area contributed by atoms with Crippen LogP contribution in [0, 0.1) is 6.92 Å². The van der Waals surface area contributed by atoms with Gasteiger partial charge in [0.25, 0.3) is 0 Å². The highest BCUT2D eigenvalue weighted by Gasteiger charge is 2.06. The van der Waals surface area contributed by atoms with Gasteiger partial charge in [-0.25, -0.2) is 0 Å². The maximum Gasteiger partial charge on any atom is 0.138 e. The van der Waals surface area contributed by atoms with E-state index in [0.29, 0.717) is 17.4 Å². The molecular weight excluding hydrogens is 258 g/mol. The van der Waals surface area contributed by atoms with E-state index in [1.165, 1.54) is 5.56 Å². The lowest BCUT2D eigenvalue weighted by atomic mass is 10.1. The van der Waals surface area contributed by atoms with Crippen LogP contribution in [-0.4, -0.2) is 0 Å². The maximum atomic E-state index is 6.19. The van der Waals surface area contributed by atoms with Crippen molar-refractivity contribution >= 4 is 11.6 Å². The lowest BCUT2D eigenvalue weighted by molar-refractivity contribution is 0.306. The second-order valence-electron chi connectivity index (χ2n) is 4.76. The lowest BCUT2D eigenvalue weighted by Gasteiger charge is -2.11. The molecule has 0 spiro atoms. The van der Waals surface area contributed by atoms with E-state index in [4.69, 9.17) is 22.1 Å². The molecule has 2 N–H and O–H groups in total. The molecule has 0 saturated carbocycles. The van der Waals surface area contributed by atoms with Crippen LogP contribution in [0.15, 0.2) is 42.5 Å². The van der Waals surface area contributed by atoms with Crippen molar-refractivity contribution in [2.45, 2.75) is 26.5 Å². The fourth-order valence-corrected chi connectivity index (χ4v) is 2.12. The number of aryl methyl sites for hydroxylation is 1. The van der Waals surface area contributed by atoms with Crippen molar-refractivity contribution in [3.8, 4) is 5.75 Å². The van der Waals surface area contributed by atoms with Gasteiger partial charge >= 0.3 is 0 Å². The van der Waals surface area contributed by atoms with Crippen LogP contribution in [0.3, 0.4) is 0 Å². The van der Waals surface area contributed by atoms with Crippen molar-refractivity contribution in [1.29, 1.82) is 0 Å². The molecule has 0 radical (unpaired) electrons. The van der Waals surface area contributed by atoms with Gasteiger partial charge in [0.05, 0.1) is 5.02 Å². The molecule has 19 heavy (non-hydrogen) atoms. The molecule has 3 heteroatoms. The van der Waals surface area contributed by atoms with E-state index in [1.54, 1.807) is 0 Å². The van der Waals surface area contributed by atoms with Crippen molar-refractivity contribution in [2.75, 3.05) is 0 Å². The summed E-state index contributed by atoms with van der Waals surface area (Å²) >= 11 is 6.19. The highest BCUT2D eigenvalue weighted by Crippen LogP contribution is 2.28. The minimum absolute atomic E-state index is 0.0247. The molecule has 100 valence electrons. The van der Waals surface area contributed by atoms with Crippen molar-refractivity contribution in [1.82, 2.24) is 0 Å². The van der Waals surface area contributed by atoms with Gasteiger partial charge in [-0.3, -0.25) is 0 Å². The quantitative estimate of drug-likeness (QED) is 0.905. The first-order valence-electron chi connectivity index (χ1n) is 6.29. The number of hydrogen-bond acceptors (Lipinski definition) is 2. The van der Waals surface area contributed by atoms with Crippen molar-refractivity contribution in [3.05, 3.63) is 64.2 Å². The Morgan fingerprint density at radius 3 is 2.63 bits per heavy atom. The second kappa shape index (κ2) is 6.09. The Hall–Kier alpha value is -1.51. The molecule has 1 atom stereocenters. The summed E-state index contributed by atoms with van der Waals surface area (Å²) in [6, 6.07) is 13.9. The smallest absolute Gasteiger partial charge is 0.138 e. The first-order chi connectivity index (χ1) is 9.06. The molecule has 0 fully saturated rings. The molecule has 0 aliphatic heterocycles. The van der Waals surface area contributed by atoms with Crippen molar-refractivity contribution in [3.63, 3.8) is 0 Å². The number of nitrogens with two attached hydrogens (primary N) is 1. The first kappa shape index (κ1) is 13.9. The molecule has 2 rings (SSSR count). The summed E-state index contributed by atoms with van der Waals surface area (Å²) in [4.78, 5) is 0. The standard InChI is InChI=1S/C16H18ClNO/c1-11-4-3-5-13(8-11)10-19-16-7-6-14(12(2)18)9-15(16)17/h3-9,12H,10,18H2,1-2H3/t12-/m0/s1. The van der Waals surface area contributed by atoms with E-state index in [0.717, 1.165) is 11.1 Å². The van der Waals surface area contributed by atoms with Gasteiger partial charge in [-0.05, 0) is 37.1 Å². The fraction of sp³-hybridized carbons (Fsp3) is 0.250. The lowest BCUT2D eigenvalue weighted by Crippen LogP contribution is -2.05. The third-order valence-corrected chi connectivity index (χ3v) is 3.25. The molecule has 0 saturated heterocycles. The molecule has 0 aliphatic carbocycles. The van der Waals surface area contributed by atoms with E-state index in [2.05, 4.69) is 19.1 Å². The third-order valence-electron chi connectivity index (χ3n) is 2.96. The monoisotopic (exact) mass is 275 g/mol. The van der Waals surface area contributed by atoms with E-state index in [1.807, 2.05) is 37.3 Å². The van der Waals surface area contributed by atoms with Gasteiger partial charge in [-0.2, -0.15) is 0 Å². The normalized spacial score (nSPS) is 12.2. The Balaban J connectivity index is 2.07. The molecule has 0 unspecified atom stereocenters. The number of ether oxygens (including phenoxy) is 1. The Kier molecular flexibility index (Phi) is 4.46. The van der Waals surface area contributed by atoms with Crippen LogP contribution >= 0.6 is 11.6 Å². The number of hydrogen-bond donors (Lipinski definition) is 1. The number of benzene rings is 2. The number of halogens is 1. The van der Waals surface area contributed by atoms with E-state index >= 15 is 0 Å². The largest absolute Gasteiger partial charge is 0.487 e. The van der Waals surface area contributed by atoms with E-state index in [-0.39, 0.29) is 6.04 Å². The molecule has 0 heterocycles. The van der Waals surface area contributed by atoms with Crippen molar-refractivity contribution < 1.29 is 4.74 Å². The molecule has 2 aromatic rings. The van der Waals surface area contributed by atoms with Gasteiger partial charge < -0.3 is 10.5 Å². The van der Waals surface area contributed by atoms with E-state index < -0.39 is 0 Å². The minimum Gasteiger partial charge on any atom is -0.487 e. The average Bonchev–Trinajstić information content (AvgIpc) is 2.37. The first-order valence-corrected chi connectivity index (χ1v) is 6.67. The van der Waals surface area contributed by atoms with Crippen LogP contribution in [0.4, 0.5) is 0 Å². The molecule has 0 bridgehead atoms. The maximum absolute atomic E-state index is 6.19. The highest BCUT2D eigenvalue weighted by molar-refractivity contribution is 6.32. The molecule has 0 amide bonds. The van der Waals surface area contributed by atoms with Crippen molar-refractivity contribution in [2.24, 2.45) is 5.73 Å². The fourth-order valence-electron chi connectivity index (χ4n) is 1.88. The number of rotatable bonds is 4. The topological polar surface area (TPSA) is 35.2 Å². The average molecular weight is 276 g/mol.